The molecule has 1 amide bonds. The minimum atomic E-state index is -0.112. The van der Waals surface area contributed by atoms with Gasteiger partial charge in [-0.3, -0.25) is 4.79 Å². The minimum Gasteiger partial charge on any atom is -0.340 e. The Morgan fingerprint density at radius 3 is 2.59 bits per heavy atom. The van der Waals surface area contributed by atoms with E-state index in [0.717, 1.165) is 23.6 Å². The Kier molecular flexibility index (Phi) is 5.66. The summed E-state index contributed by atoms with van der Waals surface area (Å²) in [6.45, 7) is 5.69. The van der Waals surface area contributed by atoms with Gasteiger partial charge >= 0.3 is 0 Å². The van der Waals surface area contributed by atoms with Crippen LogP contribution >= 0.6 is 0 Å². The number of amides is 1. The zero-order valence-electron chi connectivity index (χ0n) is 15.7. The van der Waals surface area contributed by atoms with Crippen LogP contribution in [0.5, 0.6) is 0 Å². The molecule has 3 aromatic rings. The van der Waals surface area contributed by atoms with Gasteiger partial charge in [0.05, 0.1) is 0 Å². The molecular weight excluding hydrogens is 338 g/mol. The first-order valence-corrected chi connectivity index (χ1v) is 8.88. The lowest BCUT2D eigenvalue weighted by Crippen LogP contribution is -2.06. The summed E-state index contributed by atoms with van der Waals surface area (Å²) in [6.07, 6.45) is 2.65. The van der Waals surface area contributed by atoms with Crippen molar-refractivity contribution in [3.8, 4) is 0 Å². The molecule has 3 rings (SSSR count). The van der Waals surface area contributed by atoms with Crippen LogP contribution in [0.4, 0.5) is 28.8 Å². The highest BCUT2D eigenvalue weighted by Gasteiger charge is 2.07. The van der Waals surface area contributed by atoms with Crippen molar-refractivity contribution in [3.05, 3.63) is 65.9 Å². The minimum absolute atomic E-state index is 0.112. The number of hydrogen-bond donors (Lipinski definition) is 3. The number of para-hydroxylation sites is 1. The lowest BCUT2D eigenvalue weighted by Gasteiger charge is -2.14. The Balaban J connectivity index is 1.80. The van der Waals surface area contributed by atoms with Crippen LogP contribution in [0.2, 0.25) is 0 Å². The Bertz CT molecular complexity index is 955. The van der Waals surface area contributed by atoms with Gasteiger partial charge in [-0.15, -0.1) is 0 Å². The Morgan fingerprint density at radius 1 is 1.04 bits per heavy atom. The summed E-state index contributed by atoms with van der Waals surface area (Å²) in [5.41, 5.74) is 5.01. The Morgan fingerprint density at radius 2 is 1.81 bits per heavy atom. The molecule has 6 nitrogen and oxygen atoms in total. The standard InChI is InChI=1S/C21H23N5O/c1-4-16-8-5-7-14(2)20(16)25-19-11-12-22-21(26-19)24-18-10-6-9-17(13-18)23-15(3)27/h5-13H,4H2,1-3H3,(H,23,27)(H2,22,24,25,26). The predicted octanol–water partition coefficient (Wildman–Crippen LogP) is 4.79. The van der Waals surface area contributed by atoms with E-state index in [2.05, 4.69) is 58.0 Å². The third-order valence-electron chi connectivity index (χ3n) is 4.09. The second-order valence-corrected chi connectivity index (χ2v) is 6.24. The van der Waals surface area contributed by atoms with E-state index in [1.165, 1.54) is 18.1 Å². The second-order valence-electron chi connectivity index (χ2n) is 6.24. The number of rotatable bonds is 6. The fourth-order valence-electron chi connectivity index (χ4n) is 2.83. The van der Waals surface area contributed by atoms with Crippen LogP contribution in [0.3, 0.4) is 0 Å². The molecule has 3 N–H and O–H groups in total. The van der Waals surface area contributed by atoms with E-state index >= 15 is 0 Å². The van der Waals surface area contributed by atoms with E-state index < -0.39 is 0 Å². The van der Waals surface area contributed by atoms with Gasteiger partial charge in [0.1, 0.15) is 5.82 Å². The molecule has 0 fully saturated rings. The molecule has 6 heteroatoms. The number of benzene rings is 2. The van der Waals surface area contributed by atoms with Gasteiger partial charge in [0.25, 0.3) is 0 Å². The molecule has 27 heavy (non-hydrogen) atoms. The van der Waals surface area contributed by atoms with Gasteiger partial charge in [0.15, 0.2) is 0 Å². The number of nitrogens with one attached hydrogen (secondary N) is 3. The highest BCUT2D eigenvalue weighted by Crippen LogP contribution is 2.25. The maximum Gasteiger partial charge on any atom is 0.229 e. The summed E-state index contributed by atoms with van der Waals surface area (Å²) in [6, 6.07) is 15.5. The van der Waals surface area contributed by atoms with E-state index in [1.54, 1.807) is 6.20 Å². The van der Waals surface area contributed by atoms with Gasteiger partial charge in [-0.2, -0.15) is 4.98 Å². The van der Waals surface area contributed by atoms with E-state index in [-0.39, 0.29) is 5.91 Å². The summed E-state index contributed by atoms with van der Waals surface area (Å²) in [5, 5.41) is 9.34. The topological polar surface area (TPSA) is 78.9 Å². The van der Waals surface area contributed by atoms with Crippen molar-refractivity contribution in [1.82, 2.24) is 9.97 Å². The van der Waals surface area contributed by atoms with E-state index in [9.17, 15) is 4.79 Å². The SMILES string of the molecule is CCc1cccc(C)c1Nc1ccnc(Nc2cccc(NC(C)=O)c2)n1. The average Bonchev–Trinajstić information content (AvgIpc) is 2.63. The van der Waals surface area contributed by atoms with Crippen molar-refractivity contribution in [3.63, 3.8) is 0 Å². The van der Waals surface area contributed by atoms with Crippen molar-refractivity contribution >= 4 is 34.7 Å². The molecule has 0 unspecified atom stereocenters. The molecule has 2 aromatic carbocycles. The van der Waals surface area contributed by atoms with Gasteiger partial charge in [0, 0.05) is 30.2 Å². The largest absolute Gasteiger partial charge is 0.340 e. The van der Waals surface area contributed by atoms with Crippen molar-refractivity contribution in [1.29, 1.82) is 0 Å². The summed E-state index contributed by atoms with van der Waals surface area (Å²) in [4.78, 5) is 20.0. The van der Waals surface area contributed by atoms with Crippen molar-refractivity contribution in [2.24, 2.45) is 0 Å². The zero-order chi connectivity index (χ0) is 19.2. The van der Waals surface area contributed by atoms with Gasteiger partial charge < -0.3 is 16.0 Å². The monoisotopic (exact) mass is 361 g/mol. The van der Waals surface area contributed by atoms with Crippen LogP contribution in [0, 0.1) is 6.92 Å². The maximum absolute atomic E-state index is 11.2. The normalized spacial score (nSPS) is 10.3. The number of hydrogen-bond acceptors (Lipinski definition) is 5. The number of nitrogens with zero attached hydrogens (tertiary/aromatic N) is 2. The number of carbonyl (C=O) groups is 1. The number of anilines is 5. The highest BCUT2D eigenvalue weighted by atomic mass is 16.1. The van der Waals surface area contributed by atoms with Crippen molar-refractivity contribution in [2.75, 3.05) is 16.0 Å². The number of carbonyl (C=O) groups excluding carboxylic acids is 1. The van der Waals surface area contributed by atoms with Gasteiger partial charge in [0.2, 0.25) is 11.9 Å². The Hall–Kier alpha value is -3.41. The van der Waals surface area contributed by atoms with Crippen molar-refractivity contribution < 1.29 is 4.79 Å². The first-order chi connectivity index (χ1) is 13.0. The second kappa shape index (κ2) is 8.31. The van der Waals surface area contributed by atoms with E-state index in [4.69, 9.17) is 0 Å². The lowest BCUT2D eigenvalue weighted by atomic mass is 10.1. The van der Waals surface area contributed by atoms with Crippen LogP contribution < -0.4 is 16.0 Å². The first-order valence-electron chi connectivity index (χ1n) is 8.88. The molecule has 1 heterocycles. The highest BCUT2D eigenvalue weighted by molar-refractivity contribution is 5.89. The molecule has 0 spiro atoms. The van der Waals surface area contributed by atoms with E-state index in [0.29, 0.717) is 11.6 Å². The zero-order valence-corrected chi connectivity index (χ0v) is 15.7. The van der Waals surface area contributed by atoms with E-state index in [1.807, 2.05) is 30.3 Å². The van der Waals surface area contributed by atoms with Crippen molar-refractivity contribution in [2.45, 2.75) is 27.2 Å². The molecule has 1 aromatic heterocycles. The molecule has 0 aliphatic rings. The van der Waals surface area contributed by atoms with Gasteiger partial charge in [-0.25, -0.2) is 4.98 Å². The molecule has 0 radical (unpaired) electrons. The average molecular weight is 361 g/mol. The smallest absolute Gasteiger partial charge is 0.229 e. The summed E-state index contributed by atoms with van der Waals surface area (Å²) in [5.74, 6) is 1.08. The molecule has 0 bridgehead atoms. The fraction of sp³-hybridized carbons (Fsp3) is 0.190. The molecule has 0 saturated carbocycles. The predicted molar refractivity (Wildman–Crippen MR) is 110 cm³/mol. The summed E-state index contributed by atoms with van der Waals surface area (Å²) >= 11 is 0. The molecule has 0 atom stereocenters. The molecule has 0 saturated heterocycles. The fourth-order valence-corrected chi connectivity index (χ4v) is 2.83. The summed E-state index contributed by atoms with van der Waals surface area (Å²) < 4.78 is 0. The lowest BCUT2D eigenvalue weighted by molar-refractivity contribution is -0.114. The molecular formula is C21H23N5O. The molecule has 0 aliphatic heterocycles. The van der Waals surface area contributed by atoms with Crippen LogP contribution in [-0.4, -0.2) is 15.9 Å². The number of aromatic nitrogens is 2. The van der Waals surface area contributed by atoms with Gasteiger partial charge in [-0.05, 0) is 48.7 Å². The van der Waals surface area contributed by atoms with Crippen LogP contribution in [0.1, 0.15) is 25.0 Å². The molecule has 0 aliphatic carbocycles. The van der Waals surface area contributed by atoms with Crippen LogP contribution in [-0.2, 0) is 11.2 Å². The van der Waals surface area contributed by atoms with Crippen LogP contribution in [0.15, 0.2) is 54.7 Å². The van der Waals surface area contributed by atoms with Gasteiger partial charge in [-0.1, -0.05) is 31.2 Å². The third-order valence-corrected chi connectivity index (χ3v) is 4.09. The first kappa shape index (κ1) is 18.4. The maximum atomic E-state index is 11.2. The molecule has 138 valence electrons. The third kappa shape index (κ3) is 4.82. The summed E-state index contributed by atoms with van der Waals surface area (Å²) in [7, 11) is 0. The number of aryl methyl sites for hydroxylation is 2. The Labute approximate surface area is 159 Å². The van der Waals surface area contributed by atoms with Crippen LogP contribution in [0.25, 0.3) is 0 Å². The quantitative estimate of drug-likeness (QED) is 0.588.